The van der Waals surface area contributed by atoms with Crippen molar-refractivity contribution in [2.45, 2.75) is 38.9 Å². The van der Waals surface area contributed by atoms with E-state index in [1.165, 1.54) is 12.8 Å². The molecule has 0 unspecified atom stereocenters. The maximum absolute atomic E-state index is 5.63. The van der Waals surface area contributed by atoms with Gasteiger partial charge in [0.2, 0.25) is 5.88 Å². The highest BCUT2D eigenvalue weighted by atomic mass is 16.5. The number of pyridine rings is 1. The summed E-state index contributed by atoms with van der Waals surface area (Å²) in [6.07, 6.45) is 4.63. The lowest BCUT2D eigenvalue weighted by Crippen LogP contribution is -2.07. The van der Waals surface area contributed by atoms with E-state index >= 15 is 0 Å². The minimum absolute atomic E-state index is 0.152. The molecule has 1 saturated carbocycles. The molecule has 0 bridgehead atoms. The molecule has 1 aliphatic carbocycles. The van der Waals surface area contributed by atoms with Crippen molar-refractivity contribution < 1.29 is 9.47 Å². The van der Waals surface area contributed by atoms with Crippen LogP contribution in [0.1, 0.15) is 26.7 Å². The van der Waals surface area contributed by atoms with Crippen LogP contribution >= 0.6 is 0 Å². The molecule has 0 spiro atoms. The number of aromatic nitrogens is 1. The Morgan fingerprint density at radius 2 is 2.21 bits per heavy atom. The van der Waals surface area contributed by atoms with Crippen LogP contribution in [-0.4, -0.2) is 17.2 Å². The molecule has 0 aliphatic heterocycles. The number of nitrogens with zero attached hydrogens (tertiary/aromatic N) is 1. The van der Waals surface area contributed by atoms with Gasteiger partial charge in [-0.3, -0.25) is 0 Å². The first-order chi connectivity index (χ1) is 6.74. The van der Waals surface area contributed by atoms with Crippen molar-refractivity contribution in [2.75, 3.05) is 0 Å². The maximum Gasteiger partial charge on any atom is 0.217 e. The summed E-state index contributed by atoms with van der Waals surface area (Å²) in [5.74, 6) is 1.50. The van der Waals surface area contributed by atoms with E-state index in [9.17, 15) is 0 Å². The molecule has 0 atom stereocenters. The van der Waals surface area contributed by atoms with Crippen LogP contribution in [0.3, 0.4) is 0 Å². The van der Waals surface area contributed by atoms with E-state index < -0.39 is 0 Å². The molecule has 1 aromatic rings. The maximum atomic E-state index is 5.63. The second-order valence-electron chi connectivity index (χ2n) is 3.81. The van der Waals surface area contributed by atoms with Gasteiger partial charge in [0.15, 0.2) is 0 Å². The Balaban J connectivity index is 2.01. The average molecular weight is 193 g/mol. The Morgan fingerprint density at radius 3 is 2.86 bits per heavy atom. The summed E-state index contributed by atoms with van der Waals surface area (Å²) in [6, 6.07) is 3.71. The standard InChI is InChI=1S/C11H15NO2/c1-8(2)13-11-7-10(5-6-12-11)14-9-3-4-9/h5-9H,3-4H2,1-2H3. The Labute approximate surface area is 84.1 Å². The SMILES string of the molecule is CC(C)Oc1cc(OC2CC2)ccn1. The fourth-order valence-electron chi connectivity index (χ4n) is 1.15. The van der Waals surface area contributed by atoms with Gasteiger partial charge in [-0.25, -0.2) is 4.98 Å². The second-order valence-corrected chi connectivity index (χ2v) is 3.81. The molecule has 0 N–H and O–H groups in total. The van der Waals surface area contributed by atoms with Crippen molar-refractivity contribution >= 4 is 0 Å². The van der Waals surface area contributed by atoms with Crippen LogP contribution in [0.2, 0.25) is 0 Å². The highest BCUT2D eigenvalue weighted by Crippen LogP contribution is 2.27. The van der Waals surface area contributed by atoms with E-state index in [4.69, 9.17) is 9.47 Å². The van der Waals surface area contributed by atoms with Crippen molar-refractivity contribution in [3.63, 3.8) is 0 Å². The van der Waals surface area contributed by atoms with Gasteiger partial charge >= 0.3 is 0 Å². The lowest BCUT2D eigenvalue weighted by atomic mass is 10.4. The highest BCUT2D eigenvalue weighted by Gasteiger charge is 2.23. The second kappa shape index (κ2) is 3.86. The number of rotatable bonds is 4. The molecule has 1 aromatic heterocycles. The number of hydrogen-bond acceptors (Lipinski definition) is 3. The fourth-order valence-corrected chi connectivity index (χ4v) is 1.15. The van der Waals surface area contributed by atoms with Crippen LogP contribution in [0.4, 0.5) is 0 Å². The van der Waals surface area contributed by atoms with Gasteiger partial charge in [0, 0.05) is 12.3 Å². The van der Waals surface area contributed by atoms with Crippen LogP contribution in [0.5, 0.6) is 11.6 Å². The third-order valence-electron chi connectivity index (χ3n) is 1.89. The molecule has 0 aromatic carbocycles. The summed E-state index contributed by atoms with van der Waals surface area (Å²) in [5, 5.41) is 0. The first-order valence-electron chi connectivity index (χ1n) is 5.03. The van der Waals surface area contributed by atoms with Crippen molar-refractivity contribution in [1.82, 2.24) is 4.98 Å². The van der Waals surface area contributed by atoms with Crippen molar-refractivity contribution in [1.29, 1.82) is 0 Å². The largest absolute Gasteiger partial charge is 0.490 e. The zero-order chi connectivity index (χ0) is 9.97. The van der Waals surface area contributed by atoms with Gasteiger partial charge in [0.25, 0.3) is 0 Å². The minimum atomic E-state index is 0.152. The van der Waals surface area contributed by atoms with Gasteiger partial charge < -0.3 is 9.47 Å². The summed E-state index contributed by atoms with van der Waals surface area (Å²) in [5.41, 5.74) is 0. The summed E-state index contributed by atoms with van der Waals surface area (Å²) in [6.45, 7) is 3.96. The van der Waals surface area contributed by atoms with Crippen LogP contribution in [0.25, 0.3) is 0 Å². The van der Waals surface area contributed by atoms with Crippen LogP contribution < -0.4 is 9.47 Å². The third-order valence-corrected chi connectivity index (χ3v) is 1.89. The fraction of sp³-hybridized carbons (Fsp3) is 0.545. The lowest BCUT2D eigenvalue weighted by Gasteiger charge is -2.09. The average Bonchev–Trinajstić information content (AvgIpc) is 2.87. The van der Waals surface area contributed by atoms with E-state index in [0.717, 1.165) is 5.75 Å². The van der Waals surface area contributed by atoms with E-state index in [1.54, 1.807) is 6.20 Å². The molecule has 0 saturated heterocycles. The first kappa shape index (κ1) is 9.31. The molecule has 0 radical (unpaired) electrons. The van der Waals surface area contributed by atoms with E-state index in [1.807, 2.05) is 26.0 Å². The summed E-state index contributed by atoms with van der Waals surface area (Å²) in [4.78, 5) is 4.11. The quantitative estimate of drug-likeness (QED) is 0.735. The minimum Gasteiger partial charge on any atom is -0.490 e. The zero-order valence-corrected chi connectivity index (χ0v) is 8.56. The number of ether oxygens (including phenoxy) is 2. The van der Waals surface area contributed by atoms with Gasteiger partial charge in [-0.1, -0.05) is 0 Å². The van der Waals surface area contributed by atoms with Gasteiger partial charge in [0.1, 0.15) is 5.75 Å². The van der Waals surface area contributed by atoms with Gasteiger partial charge in [0.05, 0.1) is 12.2 Å². The smallest absolute Gasteiger partial charge is 0.217 e. The molecule has 1 aliphatic rings. The Hall–Kier alpha value is -1.25. The first-order valence-corrected chi connectivity index (χ1v) is 5.03. The van der Waals surface area contributed by atoms with Gasteiger partial charge in [-0.2, -0.15) is 0 Å². The Morgan fingerprint density at radius 1 is 1.43 bits per heavy atom. The molecule has 0 amide bonds. The molecule has 2 rings (SSSR count). The predicted molar refractivity (Wildman–Crippen MR) is 53.7 cm³/mol. The molecule has 76 valence electrons. The molecule has 3 heteroatoms. The molecule has 1 fully saturated rings. The lowest BCUT2D eigenvalue weighted by molar-refractivity contribution is 0.229. The molecular formula is C11H15NO2. The monoisotopic (exact) mass is 193 g/mol. The number of hydrogen-bond donors (Lipinski definition) is 0. The molecule has 3 nitrogen and oxygen atoms in total. The van der Waals surface area contributed by atoms with E-state index in [-0.39, 0.29) is 6.10 Å². The summed E-state index contributed by atoms with van der Waals surface area (Å²) >= 11 is 0. The van der Waals surface area contributed by atoms with Crippen LogP contribution in [-0.2, 0) is 0 Å². The van der Waals surface area contributed by atoms with Crippen molar-refractivity contribution in [3.8, 4) is 11.6 Å². The van der Waals surface area contributed by atoms with Crippen molar-refractivity contribution in [2.24, 2.45) is 0 Å². The molecule has 14 heavy (non-hydrogen) atoms. The summed E-state index contributed by atoms with van der Waals surface area (Å²) in [7, 11) is 0. The predicted octanol–water partition coefficient (Wildman–Crippen LogP) is 2.41. The van der Waals surface area contributed by atoms with Gasteiger partial charge in [-0.15, -0.1) is 0 Å². The highest BCUT2D eigenvalue weighted by molar-refractivity contribution is 5.26. The van der Waals surface area contributed by atoms with E-state index in [2.05, 4.69) is 4.98 Å². The Bertz CT molecular complexity index is 289. The Kier molecular flexibility index (Phi) is 2.57. The topological polar surface area (TPSA) is 31.4 Å². The third kappa shape index (κ3) is 2.62. The van der Waals surface area contributed by atoms with Crippen molar-refractivity contribution in [3.05, 3.63) is 18.3 Å². The molecule has 1 heterocycles. The van der Waals surface area contributed by atoms with Crippen LogP contribution in [0, 0.1) is 0 Å². The van der Waals surface area contributed by atoms with Gasteiger partial charge in [-0.05, 0) is 32.8 Å². The summed E-state index contributed by atoms with van der Waals surface area (Å²) < 4.78 is 11.1. The molecular weight excluding hydrogens is 178 g/mol. The zero-order valence-electron chi connectivity index (χ0n) is 8.56. The van der Waals surface area contributed by atoms with E-state index in [0.29, 0.717) is 12.0 Å². The van der Waals surface area contributed by atoms with Crippen LogP contribution in [0.15, 0.2) is 18.3 Å². The normalized spacial score (nSPS) is 15.6.